The van der Waals surface area contributed by atoms with E-state index in [1.165, 1.54) is 18.3 Å². The summed E-state index contributed by atoms with van der Waals surface area (Å²) in [4.78, 5) is 15.9. The Morgan fingerprint density at radius 1 is 1.29 bits per heavy atom. The van der Waals surface area contributed by atoms with Crippen molar-refractivity contribution in [3.8, 4) is 11.3 Å². The van der Waals surface area contributed by atoms with Crippen LogP contribution in [0, 0.1) is 0 Å². The molecule has 0 aliphatic carbocycles. The van der Waals surface area contributed by atoms with Gasteiger partial charge in [-0.25, -0.2) is 13.1 Å². The second-order valence-electron chi connectivity index (χ2n) is 4.37. The first-order valence-corrected chi connectivity index (χ1v) is 8.07. The van der Waals surface area contributed by atoms with Crippen molar-refractivity contribution in [1.29, 1.82) is 0 Å². The third kappa shape index (κ3) is 3.93. The molecule has 1 amide bonds. The van der Waals surface area contributed by atoms with Gasteiger partial charge in [-0.15, -0.1) is 0 Å². The molecule has 0 saturated heterocycles. The zero-order chi connectivity index (χ0) is 15.6. The molecule has 1 aromatic heterocycles. The van der Waals surface area contributed by atoms with Crippen LogP contribution in [0.2, 0.25) is 5.02 Å². The van der Waals surface area contributed by atoms with Crippen LogP contribution >= 0.6 is 11.6 Å². The van der Waals surface area contributed by atoms with Gasteiger partial charge in [-0.05, 0) is 24.3 Å². The van der Waals surface area contributed by atoms with E-state index in [0.717, 1.165) is 6.26 Å². The smallest absolute Gasteiger partial charge is 0.264 e. The quantitative estimate of drug-likeness (QED) is 0.893. The number of nitrogens with zero attached hydrogens (tertiary/aromatic N) is 1. The van der Waals surface area contributed by atoms with Crippen molar-refractivity contribution in [2.75, 3.05) is 12.0 Å². The van der Waals surface area contributed by atoms with Gasteiger partial charge in [0, 0.05) is 11.1 Å². The predicted octanol–water partition coefficient (Wildman–Crippen LogP) is 1.67. The summed E-state index contributed by atoms with van der Waals surface area (Å²) in [5, 5.41) is 0.286. The normalized spacial score (nSPS) is 11.1. The maximum Gasteiger partial charge on any atom is 0.264 e. The Morgan fingerprint density at radius 2 is 2.00 bits per heavy atom. The maximum absolute atomic E-state index is 11.7. The monoisotopic (exact) mass is 325 g/mol. The van der Waals surface area contributed by atoms with Crippen molar-refractivity contribution in [3.63, 3.8) is 0 Å². The number of sulfonamides is 1. The number of benzene rings is 1. The fourth-order valence-electron chi connectivity index (χ4n) is 1.66. The van der Waals surface area contributed by atoms with Crippen LogP contribution in [0.4, 0.5) is 5.69 Å². The van der Waals surface area contributed by atoms with Crippen LogP contribution in [-0.4, -0.2) is 25.6 Å². The van der Waals surface area contributed by atoms with Gasteiger partial charge in [-0.1, -0.05) is 17.7 Å². The lowest BCUT2D eigenvalue weighted by atomic mass is 10.1. The van der Waals surface area contributed by atoms with Crippen molar-refractivity contribution >= 4 is 33.2 Å². The summed E-state index contributed by atoms with van der Waals surface area (Å²) in [6.07, 6.45) is 2.40. The van der Waals surface area contributed by atoms with Gasteiger partial charge >= 0.3 is 0 Å². The van der Waals surface area contributed by atoms with Crippen LogP contribution in [-0.2, 0) is 10.0 Å². The van der Waals surface area contributed by atoms with Gasteiger partial charge < -0.3 is 5.73 Å². The first-order chi connectivity index (χ1) is 9.76. The number of carbonyl (C=O) groups excluding carboxylic acids is 1. The van der Waals surface area contributed by atoms with Crippen molar-refractivity contribution in [1.82, 2.24) is 9.71 Å². The molecular weight excluding hydrogens is 314 g/mol. The molecule has 0 unspecified atom stereocenters. The highest BCUT2D eigenvalue weighted by Crippen LogP contribution is 2.27. The Kier molecular flexibility index (Phi) is 4.15. The third-order valence-electron chi connectivity index (χ3n) is 2.57. The van der Waals surface area contributed by atoms with Crippen LogP contribution in [0.15, 0.2) is 36.5 Å². The van der Waals surface area contributed by atoms with Gasteiger partial charge in [0.15, 0.2) is 0 Å². The van der Waals surface area contributed by atoms with Gasteiger partial charge in [-0.2, -0.15) is 0 Å². The number of rotatable bonds is 3. The Labute approximate surface area is 127 Å². The Bertz CT molecular complexity index is 789. The molecule has 110 valence electrons. The lowest BCUT2D eigenvalue weighted by molar-refractivity contribution is 0.0981. The molecule has 0 aliphatic rings. The summed E-state index contributed by atoms with van der Waals surface area (Å²) in [5.41, 5.74) is 7.45. The number of carbonyl (C=O) groups is 1. The summed E-state index contributed by atoms with van der Waals surface area (Å²) in [5.74, 6) is -0.740. The minimum absolute atomic E-state index is 0.143. The molecule has 0 aliphatic heterocycles. The summed E-state index contributed by atoms with van der Waals surface area (Å²) in [6, 6.07) is 7.84. The number of nitrogen functional groups attached to an aromatic ring is 1. The lowest BCUT2D eigenvalue weighted by Gasteiger charge is -2.07. The van der Waals surface area contributed by atoms with Crippen molar-refractivity contribution in [2.45, 2.75) is 0 Å². The molecule has 2 aromatic rings. The number of nitrogens with two attached hydrogens (primary N) is 1. The Hall–Kier alpha value is -2.12. The van der Waals surface area contributed by atoms with E-state index in [9.17, 15) is 13.2 Å². The molecule has 0 fully saturated rings. The van der Waals surface area contributed by atoms with Crippen molar-refractivity contribution in [3.05, 3.63) is 47.1 Å². The van der Waals surface area contributed by atoms with E-state index in [1.54, 1.807) is 18.2 Å². The van der Waals surface area contributed by atoms with Gasteiger partial charge in [0.25, 0.3) is 5.91 Å². The van der Waals surface area contributed by atoms with Gasteiger partial charge in [-0.3, -0.25) is 9.78 Å². The zero-order valence-corrected chi connectivity index (χ0v) is 12.6. The number of anilines is 1. The molecule has 0 radical (unpaired) electrons. The van der Waals surface area contributed by atoms with E-state index in [-0.39, 0.29) is 10.6 Å². The van der Waals surface area contributed by atoms with Crippen molar-refractivity contribution in [2.24, 2.45) is 0 Å². The number of nitrogens with one attached hydrogen (secondary N) is 1. The average Bonchev–Trinajstić information content (AvgIpc) is 2.38. The number of amides is 1. The van der Waals surface area contributed by atoms with Gasteiger partial charge in [0.05, 0.1) is 28.9 Å². The molecule has 0 saturated carbocycles. The zero-order valence-electron chi connectivity index (χ0n) is 11.0. The molecular formula is C13H12ClN3O3S. The first kappa shape index (κ1) is 15.3. The fraction of sp³-hybridized carbons (Fsp3) is 0.0769. The Balaban J connectivity index is 2.33. The first-order valence-electron chi connectivity index (χ1n) is 5.80. The predicted molar refractivity (Wildman–Crippen MR) is 81.4 cm³/mol. The minimum Gasteiger partial charge on any atom is -0.397 e. The number of hydrogen-bond donors (Lipinski definition) is 2. The second kappa shape index (κ2) is 5.71. The van der Waals surface area contributed by atoms with E-state index in [2.05, 4.69) is 4.98 Å². The van der Waals surface area contributed by atoms with E-state index in [1.807, 2.05) is 4.72 Å². The largest absolute Gasteiger partial charge is 0.397 e. The van der Waals surface area contributed by atoms with Crippen molar-refractivity contribution < 1.29 is 13.2 Å². The molecule has 3 N–H and O–H groups in total. The number of aromatic nitrogens is 1. The van der Waals surface area contributed by atoms with E-state index in [4.69, 9.17) is 17.3 Å². The molecule has 0 spiro atoms. The summed E-state index contributed by atoms with van der Waals surface area (Å²) < 4.78 is 23.9. The molecule has 2 rings (SSSR count). The molecule has 1 heterocycles. The van der Waals surface area contributed by atoms with Gasteiger partial charge in [0.1, 0.15) is 0 Å². The van der Waals surface area contributed by atoms with Gasteiger partial charge in [0.2, 0.25) is 10.0 Å². The fourth-order valence-corrected chi connectivity index (χ4v) is 2.39. The molecule has 1 aromatic carbocycles. The van der Waals surface area contributed by atoms with Crippen LogP contribution in [0.1, 0.15) is 10.4 Å². The number of halogens is 1. The van der Waals surface area contributed by atoms with Crippen LogP contribution in [0.25, 0.3) is 11.3 Å². The second-order valence-corrected chi connectivity index (χ2v) is 6.53. The molecule has 0 bridgehead atoms. The average molecular weight is 326 g/mol. The van der Waals surface area contributed by atoms with Crippen LogP contribution < -0.4 is 10.5 Å². The summed E-state index contributed by atoms with van der Waals surface area (Å²) in [6.45, 7) is 0. The highest BCUT2D eigenvalue weighted by Gasteiger charge is 2.13. The standard InChI is InChI=1S/C13H12ClN3O3S/c1-21(19,20)17-13(18)8-2-4-10(11(14)6-8)12-5-3-9(15)7-16-12/h2-7H,15H2,1H3,(H,17,18). The molecule has 0 atom stereocenters. The van der Waals surface area contributed by atoms with E-state index < -0.39 is 15.9 Å². The minimum atomic E-state index is -3.62. The number of pyridine rings is 1. The highest BCUT2D eigenvalue weighted by atomic mass is 35.5. The topological polar surface area (TPSA) is 102 Å². The van der Waals surface area contributed by atoms with Crippen LogP contribution in [0.3, 0.4) is 0 Å². The van der Waals surface area contributed by atoms with E-state index in [0.29, 0.717) is 16.9 Å². The molecule has 6 nitrogen and oxygen atoms in total. The maximum atomic E-state index is 11.7. The lowest BCUT2D eigenvalue weighted by Crippen LogP contribution is -2.29. The number of hydrogen-bond acceptors (Lipinski definition) is 5. The Morgan fingerprint density at radius 3 is 2.52 bits per heavy atom. The summed E-state index contributed by atoms with van der Waals surface area (Å²) in [7, 11) is -3.62. The molecule has 8 heteroatoms. The highest BCUT2D eigenvalue weighted by molar-refractivity contribution is 7.89. The van der Waals surface area contributed by atoms with Crippen LogP contribution in [0.5, 0.6) is 0 Å². The third-order valence-corrected chi connectivity index (χ3v) is 3.44. The SMILES string of the molecule is CS(=O)(=O)NC(=O)c1ccc(-c2ccc(N)cn2)c(Cl)c1. The summed E-state index contributed by atoms with van der Waals surface area (Å²) >= 11 is 6.12. The molecule has 21 heavy (non-hydrogen) atoms. The van der Waals surface area contributed by atoms with E-state index >= 15 is 0 Å².